The average molecular weight is 385 g/mol. The molecular formula is C17H21F2N3O3S. The van der Waals surface area contributed by atoms with Gasteiger partial charge in [0.05, 0.1) is 17.6 Å². The Bertz CT molecular complexity index is 783. The lowest BCUT2D eigenvalue weighted by Crippen LogP contribution is -2.18. The van der Waals surface area contributed by atoms with E-state index in [-0.39, 0.29) is 23.7 Å². The summed E-state index contributed by atoms with van der Waals surface area (Å²) in [6.45, 7) is 2.06. The molecule has 2 aromatic rings. The molecule has 1 aromatic carbocycles. The molecule has 0 fully saturated rings. The van der Waals surface area contributed by atoms with E-state index >= 15 is 0 Å². The Hall–Kier alpha value is -2.10. The summed E-state index contributed by atoms with van der Waals surface area (Å²) < 4.78 is 33.6. The summed E-state index contributed by atoms with van der Waals surface area (Å²) in [6, 6.07) is 3.09. The number of nitrogens with two attached hydrogens (primary N) is 1. The highest BCUT2D eigenvalue weighted by atomic mass is 32.2. The Balaban J connectivity index is 2.21. The molecule has 1 unspecified atom stereocenters. The Morgan fingerprint density at radius 2 is 2.15 bits per heavy atom. The fourth-order valence-corrected chi connectivity index (χ4v) is 2.81. The summed E-state index contributed by atoms with van der Waals surface area (Å²) in [7, 11) is 1.65. The van der Waals surface area contributed by atoms with Gasteiger partial charge in [-0.2, -0.15) is 0 Å². The molecule has 0 bridgehead atoms. The molecule has 6 nitrogen and oxygen atoms in total. The van der Waals surface area contributed by atoms with Gasteiger partial charge in [0.15, 0.2) is 23.1 Å². The zero-order chi connectivity index (χ0) is 19.3. The Morgan fingerprint density at radius 1 is 1.42 bits per heavy atom. The number of aliphatic hydroxyl groups is 1. The van der Waals surface area contributed by atoms with Crippen molar-refractivity contribution in [1.82, 2.24) is 4.57 Å². The highest BCUT2D eigenvalue weighted by Crippen LogP contribution is 2.32. The number of aryl methyl sites for hydroxylation is 1. The standard InChI is InChI=1S/C17H21F2N3O3S/c1-3-11(23)6-7-25-16-14(26-20)9-22(2)15(16)17(24)21-10-4-5-12(18)13(19)8-10/h4-5,8-9,11,23H,3,6-7,20H2,1-2H3,(H,21,24). The molecule has 1 aromatic heterocycles. The summed E-state index contributed by atoms with van der Waals surface area (Å²) in [6.07, 6.45) is 2.15. The van der Waals surface area contributed by atoms with E-state index in [9.17, 15) is 18.7 Å². The largest absolute Gasteiger partial charge is 0.490 e. The lowest BCUT2D eigenvalue weighted by Gasteiger charge is -2.12. The van der Waals surface area contributed by atoms with Crippen LogP contribution in [0.5, 0.6) is 5.75 Å². The van der Waals surface area contributed by atoms with Crippen LogP contribution in [0, 0.1) is 11.6 Å². The van der Waals surface area contributed by atoms with Crippen molar-refractivity contribution in [2.24, 2.45) is 12.2 Å². The number of halogens is 2. The Labute approximate surface area is 154 Å². The van der Waals surface area contributed by atoms with E-state index in [0.717, 1.165) is 24.1 Å². The number of carbonyl (C=O) groups is 1. The van der Waals surface area contributed by atoms with Crippen LogP contribution < -0.4 is 15.2 Å². The summed E-state index contributed by atoms with van der Waals surface area (Å²) >= 11 is 0.925. The van der Waals surface area contributed by atoms with Crippen LogP contribution in [0.15, 0.2) is 29.3 Å². The first-order valence-electron chi connectivity index (χ1n) is 8.00. The second kappa shape index (κ2) is 9.02. The zero-order valence-electron chi connectivity index (χ0n) is 14.5. The molecule has 0 aliphatic heterocycles. The number of benzene rings is 1. The van der Waals surface area contributed by atoms with Crippen molar-refractivity contribution in [2.75, 3.05) is 11.9 Å². The molecule has 4 N–H and O–H groups in total. The van der Waals surface area contributed by atoms with Gasteiger partial charge < -0.3 is 19.7 Å². The highest BCUT2D eigenvalue weighted by Gasteiger charge is 2.22. The van der Waals surface area contributed by atoms with Crippen LogP contribution in [-0.4, -0.2) is 28.3 Å². The lowest BCUT2D eigenvalue weighted by atomic mass is 10.2. The van der Waals surface area contributed by atoms with Crippen molar-refractivity contribution >= 4 is 23.5 Å². The number of anilines is 1. The van der Waals surface area contributed by atoms with Crippen molar-refractivity contribution in [2.45, 2.75) is 30.8 Å². The van der Waals surface area contributed by atoms with Gasteiger partial charge in [0, 0.05) is 31.4 Å². The van der Waals surface area contributed by atoms with Crippen molar-refractivity contribution < 1.29 is 23.4 Å². The minimum Gasteiger partial charge on any atom is -0.490 e. The Morgan fingerprint density at radius 3 is 2.77 bits per heavy atom. The van der Waals surface area contributed by atoms with E-state index in [1.807, 2.05) is 6.92 Å². The lowest BCUT2D eigenvalue weighted by molar-refractivity contribution is 0.101. The van der Waals surface area contributed by atoms with Crippen LogP contribution in [-0.2, 0) is 7.05 Å². The molecule has 1 heterocycles. The van der Waals surface area contributed by atoms with E-state index in [0.29, 0.717) is 17.7 Å². The number of aliphatic hydroxyl groups excluding tert-OH is 1. The molecule has 0 aliphatic carbocycles. The number of ether oxygens (including phenoxy) is 1. The molecule has 0 aliphatic rings. The normalized spacial score (nSPS) is 12.1. The van der Waals surface area contributed by atoms with Gasteiger partial charge in [-0.05, 0) is 30.5 Å². The first-order chi connectivity index (χ1) is 12.4. The number of nitrogens with zero attached hydrogens (tertiary/aromatic N) is 1. The van der Waals surface area contributed by atoms with Gasteiger partial charge in [0.1, 0.15) is 0 Å². The van der Waals surface area contributed by atoms with Crippen LogP contribution in [0.3, 0.4) is 0 Å². The number of aromatic nitrogens is 1. The van der Waals surface area contributed by atoms with Gasteiger partial charge in [0.2, 0.25) is 0 Å². The molecule has 0 saturated heterocycles. The molecule has 26 heavy (non-hydrogen) atoms. The Kier molecular flexibility index (Phi) is 7.01. The molecule has 0 saturated carbocycles. The minimum absolute atomic E-state index is 0.115. The summed E-state index contributed by atoms with van der Waals surface area (Å²) in [5, 5.41) is 17.8. The molecule has 142 valence electrons. The van der Waals surface area contributed by atoms with E-state index in [4.69, 9.17) is 9.88 Å². The van der Waals surface area contributed by atoms with E-state index in [1.165, 1.54) is 10.6 Å². The first kappa shape index (κ1) is 20.2. The number of nitrogens with one attached hydrogen (secondary N) is 1. The van der Waals surface area contributed by atoms with Crippen LogP contribution in [0.1, 0.15) is 30.3 Å². The molecular weight excluding hydrogens is 364 g/mol. The maximum Gasteiger partial charge on any atom is 0.276 e. The topological polar surface area (TPSA) is 89.5 Å². The average Bonchev–Trinajstić information content (AvgIpc) is 2.93. The third kappa shape index (κ3) is 4.75. The summed E-state index contributed by atoms with van der Waals surface area (Å²) in [4.78, 5) is 13.2. The molecule has 2 rings (SSSR count). The number of carbonyl (C=O) groups excluding carboxylic acids is 1. The minimum atomic E-state index is -1.06. The van der Waals surface area contributed by atoms with Crippen molar-refractivity contribution in [3.8, 4) is 5.75 Å². The predicted molar refractivity (Wildman–Crippen MR) is 96.2 cm³/mol. The van der Waals surface area contributed by atoms with Crippen LogP contribution in [0.4, 0.5) is 14.5 Å². The second-order valence-corrected chi connectivity index (χ2v) is 6.36. The smallest absolute Gasteiger partial charge is 0.276 e. The summed E-state index contributed by atoms with van der Waals surface area (Å²) in [5.41, 5.74) is 0.304. The van der Waals surface area contributed by atoms with Crippen molar-refractivity contribution in [3.05, 3.63) is 41.7 Å². The molecule has 0 spiro atoms. The fourth-order valence-electron chi connectivity index (χ4n) is 2.33. The maximum absolute atomic E-state index is 13.3. The third-order valence-corrected chi connectivity index (χ3v) is 4.34. The van der Waals surface area contributed by atoms with Crippen molar-refractivity contribution in [1.29, 1.82) is 0 Å². The van der Waals surface area contributed by atoms with E-state index in [2.05, 4.69) is 5.32 Å². The number of rotatable bonds is 8. The van der Waals surface area contributed by atoms with Crippen molar-refractivity contribution in [3.63, 3.8) is 0 Å². The molecule has 1 atom stereocenters. The second-order valence-electron chi connectivity index (χ2n) is 5.68. The quantitative estimate of drug-likeness (QED) is 0.608. The number of hydrogen-bond acceptors (Lipinski definition) is 5. The van der Waals surface area contributed by atoms with Gasteiger partial charge in [0.25, 0.3) is 5.91 Å². The van der Waals surface area contributed by atoms with Gasteiger partial charge in [-0.25, -0.2) is 8.78 Å². The van der Waals surface area contributed by atoms with Crippen LogP contribution >= 0.6 is 11.9 Å². The molecule has 9 heteroatoms. The number of hydrogen-bond donors (Lipinski definition) is 3. The summed E-state index contributed by atoms with van der Waals surface area (Å²) in [5.74, 6) is -2.33. The van der Waals surface area contributed by atoms with Gasteiger partial charge in [-0.15, -0.1) is 0 Å². The van der Waals surface area contributed by atoms with Gasteiger partial charge >= 0.3 is 0 Å². The predicted octanol–water partition coefficient (Wildman–Crippen LogP) is 3.06. The number of amides is 1. The van der Waals surface area contributed by atoms with E-state index in [1.54, 1.807) is 13.2 Å². The fraction of sp³-hybridized carbons (Fsp3) is 0.353. The molecule has 1 amide bonds. The molecule has 0 radical (unpaired) electrons. The maximum atomic E-state index is 13.3. The van der Waals surface area contributed by atoms with E-state index < -0.39 is 23.6 Å². The highest BCUT2D eigenvalue weighted by molar-refractivity contribution is 7.97. The van der Waals surface area contributed by atoms with Gasteiger partial charge in [-0.3, -0.25) is 9.93 Å². The first-order valence-corrected chi connectivity index (χ1v) is 8.88. The SMILES string of the molecule is CCC(O)CCOc1c(SN)cn(C)c1C(=O)Nc1ccc(F)c(F)c1. The monoisotopic (exact) mass is 385 g/mol. The van der Waals surface area contributed by atoms with Crippen LogP contribution in [0.25, 0.3) is 0 Å². The third-order valence-electron chi connectivity index (χ3n) is 3.79. The zero-order valence-corrected chi connectivity index (χ0v) is 15.3. The van der Waals surface area contributed by atoms with Gasteiger partial charge in [-0.1, -0.05) is 6.92 Å². The van der Waals surface area contributed by atoms with Crippen LogP contribution in [0.2, 0.25) is 0 Å².